The summed E-state index contributed by atoms with van der Waals surface area (Å²) in [5.41, 5.74) is 2.24. The van der Waals surface area contributed by atoms with E-state index in [2.05, 4.69) is 56.1 Å². The average molecular weight is 338 g/mol. The number of ether oxygens (including phenoxy) is 1. The van der Waals surface area contributed by atoms with Crippen LogP contribution >= 0.6 is 15.9 Å². The number of nitrogens with one attached hydrogen (secondary N) is 1. The Labute approximate surface area is 128 Å². The highest BCUT2D eigenvalue weighted by Gasteiger charge is 2.09. The van der Waals surface area contributed by atoms with Gasteiger partial charge in [-0.15, -0.1) is 0 Å². The largest absolute Gasteiger partial charge is 0.383 e. The van der Waals surface area contributed by atoms with E-state index in [0.717, 1.165) is 22.7 Å². The number of aryl methyl sites for hydroxylation is 1. The van der Waals surface area contributed by atoms with Gasteiger partial charge in [0.1, 0.15) is 0 Å². The molecule has 1 aromatic carbocycles. The number of aromatic nitrogens is 2. The summed E-state index contributed by atoms with van der Waals surface area (Å²) in [6, 6.07) is 8.54. The highest BCUT2D eigenvalue weighted by atomic mass is 79.9. The molecule has 1 atom stereocenters. The first-order chi connectivity index (χ1) is 9.58. The van der Waals surface area contributed by atoms with Crippen LogP contribution in [0.25, 0.3) is 0 Å². The van der Waals surface area contributed by atoms with Crippen molar-refractivity contribution in [3.63, 3.8) is 0 Å². The van der Waals surface area contributed by atoms with E-state index >= 15 is 0 Å². The van der Waals surface area contributed by atoms with Crippen molar-refractivity contribution in [2.24, 2.45) is 0 Å². The summed E-state index contributed by atoms with van der Waals surface area (Å²) >= 11 is 3.50. The maximum absolute atomic E-state index is 5.15. The van der Waals surface area contributed by atoms with E-state index in [1.54, 1.807) is 7.11 Å². The van der Waals surface area contributed by atoms with Crippen LogP contribution in [0.1, 0.15) is 18.2 Å². The maximum atomic E-state index is 5.15. The maximum Gasteiger partial charge on any atom is 0.203 e. The number of halogens is 1. The Morgan fingerprint density at radius 1 is 1.45 bits per heavy atom. The SMILES string of the molecule is COCC(C)Nc1nc(C)cn1Cc1cccc(Br)c1. The molecule has 108 valence electrons. The van der Waals surface area contributed by atoms with E-state index in [1.807, 2.05) is 19.1 Å². The van der Waals surface area contributed by atoms with Gasteiger partial charge in [0.15, 0.2) is 0 Å². The van der Waals surface area contributed by atoms with Gasteiger partial charge in [-0.1, -0.05) is 28.1 Å². The molecule has 0 spiro atoms. The minimum absolute atomic E-state index is 0.225. The quantitative estimate of drug-likeness (QED) is 0.877. The predicted molar refractivity (Wildman–Crippen MR) is 85.2 cm³/mol. The Bertz CT molecular complexity index is 568. The van der Waals surface area contributed by atoms with Crippen LogP contribution < -0.4 is 5.32 Å². The zero-order valence-corrected chi connectivity index (χ0v) is 13.6. The summed E-state index contributed by atoms with van der Waals surface area (Å²) in [6.07, 6.45) is 2.06. The van der Waals surface area contributed by atoms with Gasteiger partial charge >= 0.3 is 0 Å². The first-order valence-electron chi connectivity index (χ1n) is 6.62. The lowest BCUT2D eigenvalue weighted by molar-refractivity contribution is 0.190. The van der Waals surface area contributed by atoms with E-state index in [4.69, 9.17) is 4.74 Å². The Morgan fingerprint density at radius 2 is 2.25 bits per heavy atom. The molecule has 4 nitrogen and oxygen atoms in total. The number of anilines is 1. The van der Waals surface area contributed by atoms with Gasteiger partial charge in [0.25, 0.3) is 0 Å². The van der Waals surface area contributed by atoms with Crippen molar-refractivity contribution in [1.82, 2.24) is 9.55 Å². The Kier molecular flexibility index (Phi) is 5.20. The standard InChI is InChI=1S/C15H20BrN3O/c1-11-8-19(9-13-5-4-6-14(16)7-13)15(17-11)18-12(2)10-20-3/h4-8,12H,9-10H2,1-3H3,(H,17,18). The third-order valence-corrected chi connectivity index (χ3v) is 3.42. The Hall–Kier alpha value is -1.33. The summed E-state index contributed by atoms with van der Waals surface area (Å²) in [4.78, 5) is 4.54. The van der Waals surface area contributed by atoms with E-state index in [-0.39, 0.29) is 6.04 Å². The molecule has 1 aromatic heterocycles. The molecule has 0 saturated heterocycles. The first kappa shape index (κ1) is 15.1. The smallest absolute Gasteiger partial charge is 0.203 e. The topological polar surface area (TPSA) is 39.1 Å². The van der Waals surface area contributed by atoms with Crippen LogP contribution in [0, 0.1) is 6.92 Å². The Balaban J connectivity index is 2.15. The van der Waals surface area contributed by atoms with Crippen molar-refractivity contribution in [3.05, 3.63) is 46.2 Å². The minimum Gasteiger partial charge on any atom is -0.383 e. The van der Waals surface area contributed by atoms with Gasteiger partial charge in [-0.2, -0.15) is 0 Å². The lowest BCUT2D eigenvalue weighted by Gasteiger charge is -2.15. The van der Waals surface area contributed by atoms with Crippen molar-refractivity contribution >= 4 is 21.9 Å². The second kappa shape index (κ2) is 6.90. The van der Waals surface area contributed by atoms with Crippen molar-refractivity contribution in [1.29, 1.82) is 0 Å². The lowest BCUT2D eigenvalue weighted by atomic mass is 10.2. The molecule has 0 fully saturated rings. The van der Waals surface area contributed by atoms with Gasteiger partial charge < -0.3 is 14.6 Å². The van der Waals surface area contributed by atoms with Crippen LogP contribution in [0.5, 0.6) is 0 Å². The van der Waals surface area contributed by atoms with Crippen molar-refractivity contribution < 1.29 is 4.74 Å². The van der Waals surface area contributed by atoms with Gasteiger partial charge in [0.05, 0.1) is 18.8 Å². The molecule has 0 aliphatic carbocycles. The summed E-state index contributed by atoms with van der Waals surface area (Å²) in [5.74, 6) is 0.882. The molecule has 5 heteroatoms. The molecule has 2 rings (SSSR count). The molecule has 1 N–H and O–H groups in total. The lowest BCUT2D eigenvalue weighted by Crippen LogP contribution is -2.23. The van der Waals surface area contributed by atoms with Crippen molar-refractivity contribution in [3.8, 4) is 0 Å². The monoisotopic (exact) mass is 337 g/mol. The second-order valence-corrected chi connectivity index (χ2v) is 5.88. The fourth-order valence-corrected chi connectivity index (χ4v) is 2.57. The Morgan fingerprint density at radius 3 is 2.95 bits per heavy atom. The first-order valence-corrected chi connectivity index (χ1v) is 7.41. The summed E-state index contributed by atoms with van der Waals surface area (Å²) in [5, 5.41) is 3.38. The molecule has 20 heavy (non-hydrogen) atoms. The van der Waals surface area contributed by atoms with Crippen LogP contribution in [0.4, 0.5) is 5.95 Å². The second-order valence-electron chi connectivity index (χ2n) is 4.96. The number of imidazole rings is 1. The molecule has 0 radical (unpaired) electrons. The van der Waals surface area contributed by atoms with Crippen LogP contribution in [0.15, 0.2) is 34.9 Å². The van der Waals surface area contributed by atoms with Crippen LogP contribution in [0.2, 0.25) is 0 Å². The van der Waals surface area contributed by atoms with Crippen LogP contribution in [-0.4, -0.2) is 29.3 Å². The molecule has 1 heterocycles. The van der Waals surface area contributed by atoms with Gasteiger partial charge in [-0.25, -0.2) is 4.98 Å². The summed E-state index contributed by atoms with van der Waals surface area (Å²) in [7, 11) is 1.71. The molecule has 0 aliphatic rings. The van der Waals surface area contributed by atoms with Gasteiger partial charge in [-0.3, -0.25) is 0 Å². The van der Waals surface area contributed by atoms with Gasteiger partial charge in [0.2, 0.25) is 5.95 Å². The minimum atomic E-state index is 0.225. The van der Waals surface area contributed by atoms with E-state index in [1.165, 1.54) is 5.56 Å². The summed E-state index contributed by atoms with van der Waals surface area (Å²) < 4.78 is 8.37. The van der Waals surface area contributed by atoms with E-state index in [9.17, 15) is 0 Å². The highest BCUT2D eigenvalue weighted by molar-refractivity contribution is 9.10. The summed E-state index contributed by atoms with van der Waals surface area (Å²) in [6.45, 7) is 5.53. The van der Waals surface area contributed by atoms with E-state index < -0.39 is 0 Å². The molecular formula is C15H20BrN3O. The number of rotatable bonds is 6. The van der Waals surface area contributed by atoms with Gasteiger partial charge in [0, 0.05) is 23.8 Å². The predicted octanol–water partition coefficient (Wildman–Crippen LogP) is 3.45. The fourth-order valence-electron chi connectivity index (χ4n) is 2.13. The zero-order valence-electron chi connectivity index (χ0n) is 12.1. The number of hydrogen-bond acceptors (Lipinski definition) is 3. The number of nitrogens with zero attached hydrogens (tertiary/aromatic N) is 2. The molecule has 1 unspecified atom stereocenters. The number of methoxy groups -OCH3 is 1. The van der Waals surface area contributed by atoms with Crippen LogP contribution in [-0.2, 0) is 11.3 Å². The van der Waals surface area contributed by atoms with Crippen LogP contribution in [0.3, 0.4) is 0 Å². The molecule has 0 saturated carbocycles. The fraction of sp³-hybridized carbons (Fsp3) is 0.400. The highest BCUT2D eigenvalue weighted by Crippen LogP contribution is 2.16. The average Bonchev–Trinajstić information content (AvgIpc) is 2.69. The molecule has 0 bridgehead atoms. The number of hydrogen-bond donors (Lipinski definition) is 1. The van der Waals surface area contributed by atoms with E-state index in [0.29, 0.717) is 6.61 Å². The molecule has 0 amide bonds. The zero-order chi connectivity index (χ0) is 14.5. The molecular weight excluding hydrogens is 318 g/mol. The molecule has 2 aromatic rings. The third kappa shape index (κ3) is 4.08. The molecule has 0 aliphatic heterocycles. The normalized spacial score (nSPS) is 12.4. The van der Waals surface area contributed by atoms with Crippen molar-refractivity contribution in [2.75, 3.05) is 19.0 Å². The van der Waals surface area contributed by atoms with Gasteiger partial charge in [-0.05, 0) is 31.5 Å². The van der Waals surface area contributed by atoms with Crippen molar-refractivity contribution in [2.45, 2.75) is 26.4 Å². The third-order valence-electron chi connectivity index (χ3n) is 2.93. The number of benzene rings is 1.